The number of aliphatic hydroxyl groups excluding tert-OH is 1. The van der Waals surface area contributed by atoms with Gasteiger partial charge < -0.3 is 52.0 Å². The third-order valence-electron chi connectivity index (χ3n) is 9.46. The summed E-state index contributed by atoms with van der Waals surface area (Å²) in [7, 11) is 2.54. The lowest BCUT2D eigenvalue weighted by atomic mass is 9.93. The van der Waals surface area contributed by atoms with Crippen LogP contribution in [0.3, 0.4) is 0 Å². The van der Waals surface area contributed by atoms with Crippen molar-refractivity contribution in [3.8, 4) is 0 Å². The first-order chi connectivity index (χ1) is 26.8. The van der Waals surface area contributed by atoms with Gasteiger partial charge in [-0.15, -0.1) is 0 Å². The lowest BCUT2D eigenvalue weighted by molar-refractivity contribution is -0.146. The molecule has 9 N–H and O–H groups in total. The predicted octanol–water partition coefficient (Wildman–Crippen LogP) is -1.52. The average molecular weight is 819 g/mol. The van der Waals surface area contributed by atoms with Crippen LogP contribution >= 0.6 is 12.6 Å². The zero-order valence-electron chi connectivity index (χ0n) is 32.9. The number of nitrogens with two attached hydrogens (primary N) is 1. The molecule has 0 unspecified atom stereocenters. The molecule has 0 aliphatic heterocycles. The second-order valence-electron chi connectivity index (χ2n) is 13.9. The number of primary amides is 1. The van der Waals surface area contributed by atoms with E-state index in [0.29, 0.717) is 0 Å². The Kier molecular flexibility index (Phi) is 18.6. The van der Waals surface area contributed by atoms with E-state index in [1.807, 2.05) is 24.3 Å². The molecule has 19 nitrogen and oxygen atoms in total. The maximum absolute atomic E-state index is 13.8. The number of hydrogen-bond acceptors (Lipinski definition) is 11. The first-order valence-electron chi connectivity index (χ1n) is 18.3. The lowest BCUT2D eigenvalue weighted by Gasteiger charge is -2.33. The number of Topliss-reactive ketones (excluding diaryl/α,β-unsaturated/α-hetero) is 1. The number of nitrogens with one attached hydrogen (secondary N) is 5. The average Bonchev–Trinajstić information content (AvgIpc) is 3.58. The van der Waals surface area contributed by atoms with E-state index >= 15 is 0 Å². The summed E-state index contributed by atoms with van der Waals surface area (Å²) in [6.07, 6.45) is 0.486. The monoisotopic (exact) mass is 818 g/mol. The minimum absolute atomic E-state index is 0.0975. The number of carboxylic acids is 1. The van der Waals surface area contributed by atoms with Gasteiger partial charge in [0, 0.05) is 56.2 Å². The molecule has 0 aliphatic carbocycles. The Morgan fingerprint density at radius 2 is 1.51 bits per heavy atom. The highest BCUT2D eigenvalue weighted by Crippen LogP contribution is 2.21. The summed E-state index contributed by atoms with van der Waals surface area (Å²) in [4.78, 5) is 121. The number of carbonyl (C=O) groups is 9. The minimum atomic E-state index is -1.56. The molecule has 6 atom stereocenters. The van der Waals surface area contributed by atoms with E-state index < -0.39 is 121 Å². The maximum Gasteiger partial charge on any atom is 0.304 e. The van der Waals surface area contributed by atoms with E-state index in [0.717, 1.165) is 26.3 Å². The second kappa shape index (κ2) is 22.3. The normalized spacial score (nSPS) is 14.3. The Morgan fingerprint density at radius 1 is 0.860 bits per heavy atom. The van der Waals surface area contributed by atoms with Crippen molar-refractivity contribution in [1.29, 1.82) is 0 Å². The van der Waals surface area contributed by atoms with Crippen molar-refractivity contribution < 1.29 is 53.4 Å². The van der Waals surface area contributed by atoms with Gasteiger partial charge >= 0.3 is 5.97 Å². The fourth-order valence-electron chi connectivity index (χ4n) is 5.85. The van der Waals surface area contributed by atoms with Crippen LogP contribution in [0.4, 0.5) is 0 Å². The van der Waals surface area contributed by atoms with Crippen molar-refractivity contribution in [2.75, 3.05) is 33.0 Å². The standard InChI is InChI=1S/C37H54N8O11S/c1-7-30(49)41-25(12-22-15-39-24-11-9-8-10-23(22)24)36(55)44(5)20(4)28(47)13-21(14-31(50)51)33(52)43-32(19(2)3)37(56)45(6)27(17-46)35(54)42-26(18-57)34(53)40-16-29(38)48/h8-11,15,19-21,25-27,32,39,46,57H,7,12-14,16-18H2,1-6H3,(H2,38,48)(H,40,53)(H,41,49)(H,42,54)(H,43,52)(H,50,51)/t20-,21+,25-,26+,27+,32-/m1/s1. The number of hydrogen-bond donors (Lipinski definition) is 9. The zero-order chi connectivity index (χ0) is 43.1. The molecule has 0 bridgehead atoms. The van der Waals surface area contributed by atoms with Crippen LogP contribution in [-0.4, -0.2) is 141 Å². The number of thiol groups is 1. The Hall–Kier alpha value is -5.50. The van der Waals surface area contributed by atoms with Crippen LogP contribution in [-0.2, 0) is 49.6 Å². The third-order valence-corrected chi connectivity index (χ3v) is 9.83. The Balaban J connectivity index is 2.23. The molecule has 0 fully saturated rings. The van der Waals surface area contributed by atoms with E-state index in [-0.39, 0.29) is 18.6 Å². The van der Waals surface area contributed by atoms with Crippen molar-refractivity contribution in [2.45, 2.75) is 83.6 Å². The van der Waals surface area contributed by atoms with Gasteiger partial charge in [-0.2, -0.15) is 12.6 Å². The molecule has 2 rings (SSSR count). The smallest absolute Gasteiger partial charge is 0.304 e. The molecule has 314 valence electrons. The summed E-state index contributed by atoms with van der Waals surface area (Å²) >= 11 is 4.03. The number of likely N-dealkylation sites (N-methyl/N-ethyl adjacent to an activating group) is 2. The lowest BCUT2D eigenvalue weighted by Crippen LogP contribution is -2.60. The summed E-state index contributed by atoms with van der Waals surface area (Å²) in [5.74, 6) is -9.84. The first kappa shape index (κ1) is 47.7. The Morgan fingerprint density at radius 3 is 2.07 bits per heavy atom. The van der Waals surface area contributed by atoms with Crippen molar-refractivity contribution in [3.63, 3.8) is 0 Å². The van der Waals surface area contributed by atoms with Gasteiger partial charge in [0.25, 0.3) is 0 Å². The zero-order valence-corrected chi connectivity index (χ0v) is 33.8. The number of carboxylic acid groups (broad SMARTS) is 1. The van der Waals surface area contributed by atoms with Gasteiger partial charge in [-0.3, -0.25) is 43.2 Å². The molecule has 1 aromatic heterocycles. The quantitative estimate of drug-likeness (QED) is 0.0581. The van der Waals surface area contributed by atoms with Crippen LogP contribution in [0.2, 0.25) is 0 Å². The molecule has 1 heterocycles. The number of aliphatic carboxylic acids is 1. The van der Waals surface area contributed by atoms with E-state index in [1.54, 1.807) is 27.0 Å². The highest BCUT2D eigenvalue weighted by Gasteiger charge is 2.38. The molecular formula is C37H54N8O11S. The van der Waals surface area contributed by atoms with Gasteiger partial charge in [0.15, 0.2) is 5.78 Å². The summed E-state index contributed by atoms with van der Waals surface area (Å²) < 4.78 is 0. The molecule has 2 aromatic rings. The third kappa shape index (κ3) is 13.6. The number of aromatic amines is 1. The number of ketones is 1. The number of H-pyrrole nitrogens is 1. The summed E-state index contributed by atoms with van der Waals surface area (Å²) in [6, 6.07) is 0.980. The number of aromatic nitrogens is 1. The van der Waals surface area contributed by atoms with Crippen LogP contribution in [0.1, 0.15) is 52.5 Å². The highest BCUT2D eigenvalue weighted by atomic mass is 32.1. The molecule has 0 aliphatic rings. The van der Waals surface area contributed by atoms with Crippen molar-refractivity contribution in [1.82, 2.24) is 36.1 Å². The van der Waals surface area contributed by atoms with Crippen LogP contribution in [0.15, 0.2) is 30.5 Å². The van der Waals surface area contributed by atoms with E-state index in [4.69, 9.17) is 5.73 Å². The maximum atomic E-state index is 13.8. The molecule has 0 saturated heterocycles. The van der Waals surface area contributed by atoms with Crippen LogP contribution in [0, 0.1) is 11.8 Å². The van der Waals surface area contributed by atoms with Gasteiger partial charge in [-0.25, -0.2) is 0 Å². The van der Waals surface area contributed by atoms with Crippen molar-refractivity contribution in [3.05, 3.63) is 36.0 Å². The minimum Gasteiger partial charge on any atom is -0.481 e. The number of fused-ring (bicyclic) bond motifs is 1. The van der Waals surface area contributed by atoms with Gasteiger partial charge in [0.1, 0.15) is 24.2 Å². The summed E-state index contributed by atoms with van der Waals surface area (Å²) in [5, 5.41) is 30.3. The van der Waals surface area contributed by atoms with E-state index in [9.17, 15) is 53.4 Å². The molecule has 0 saturated carbocycles. The number of rotatable bonds is 23. The summed E-state index contributed by atoms with van der Waals surface area (Å²) in [5.41, 5.74) is 6.62. The van der Waals surface area contributed by atoms with Gasteiger partial charge in [-0.1, -0.05) is 39.0 Å². The number of aliphatic hydroxyl groups is 1. The summed E-state index contributed by atoms with van der Waals surface area (Å²) in [6.45, 7) is 4.76. The molecule has 1 aromatic carbocycles. The number of carbonyl (C=O) groups excluding carboxylic acids is 8. The molecule has 7 amide bonds. The van der Waals surface area contributed by atoms with E-state index in [2.05, 4.69) is 38.9 Å². The molecule has 0 radical (unpaired) electrons. The fourth-order valence-corrected chi connectivity index (χ4v) is 6.11. The second-order valence-corrected chi connectivity index (χ2v) is 14.3. The topological polar surface area (TPSA) is 290 Å². The number of benzene rings is 1. The van der Waals surface area contributed by atoms with Gasteiger partial charge in [0.05, 0.1) is 31.5 Å². The molecule has 20 heteroatoms. The van der Waals surface area contributed by atoms with Gasteiger partial charge in [-0.05, 0) is 24.5 Å². The van der Waals surface area contributed by atoms with Crippen molar-refractivity contribution >= 4 is 76.6 Å². The van der Waals surface area contributed by atoms with Crippen LogP contribution in [0.5, 0.6) is 0 Å². The predicted molar refractivity (Wildman–Crippen MR) is 210 cm³/mol. The van der Waals surface area contributed by atoms with E-state index in [1.165, 1.54) is 21.0 Å². The Bertz CT molecular complexity index is 1800. The highest BCUT2D eigenvalue weighted by molar-refractivity contribution is 7.80. The molecule has 0 spiro atoms. The Labute approximate surface area is 335 Å². The number of para-hydroxylation sites is 1. The SMILES string of the molecule is CCC(=O)N[C@H](Cc1c[nH]c2ccccc12)C(=O)N(C)[C@H](C)C(=O)C[C@@H](CC(=O)O)C(=O)N[C@@H](C(=O)N(C)[C@@H](CO)C(=O)N[C@@H](CS)C(=O)NCC(N)=O)C(C)C. The van der Waals surface area contributed by atoms with Crippen LogP contribution in [0.25, 0.3) is 10.9 Å². The van der Waals surface area contributed by atoms with Gasteiger partial charge in [0.2, 0.25) is 41.4 Å². The molecule has 57 heavy (non-hydrogen) atoms. The molecular weight excluding hydrogens is 765 g/mol. The number of amides is 7. The fraction of sp³-hybridized carbons (Fsp3) is 0.541. The first-order valence-corrected chi connectivity index (χ1v) is 18.9. The number of nitrogens with zero attached hydrogens (tertiary/aromatic N) is 2. The largest absolute Gasteiger partial charge is 0.481 e. The van der Waals surface area contributed by atoms with Crippen molar-refractivity contribution in [2.24, 2.45) is 17.6 Å². The van der Waals surface area contributed by atoms with Crippen LogP contribution < -0.4 is 27.0 Å².